The van der Waals surface area contributed by atoms with Crippen LogP contribution in [-0.2, 0) is 6.42 Å². The first-order chi connectivity index (χ1) is 8.78. The van der Waals surface area contributed by atoms with Crippen LogP contribution in [0.25, 0.3) is 11.3 Å². The van der Waals surface area contributed by atoms with E-state index >= 15 is 0 Å². The fourth-order valence-electron chi connectivity index (χ4n) is 2.02. The molecular formula is C13H15N5. The van der Waals surface area contributed by atoms with Crippen molar-refractivity contribution in [2.24, 2.45) is 0 Å². The molecule has 3 rings (SSSR count). The SMILES string of the molecule is CCCc1cnn(-c2cnn3ccc(C)nc23)c1. The Bertz CT molecular complexity index is 680. The summed E-state index contributed by atoms with van der Waals surface area (Å²) in [7, 11) is 0. The zero-order valence-corrected chi connectivity index (χ0v) is 10.5. The van der Waals surface area contributed by atoms with Crippen LogP contribution in [0.4, 0.5) is 0 Å². The van der Waals surface area contributed by atoms with Crippen molar-refractivity contribution in [1.82, 2.24) is 24.4 Å². The van der Waals surface area contributed by atoms with Crippen LogP contribution in [0, 0.1) is 6.92 Å². The van der Waals surface area contributed by atoms with E-state index in [4.69, 9.17) is 0 Å². The summed E-state index contributed by atoms with van der Waals surface area (Å²) in [5.41, 5.74) is 3.97. The normalized spacial score (nSPS) is 11.2. The first kappa shape index (κ1) is 11.0. The van der Waals surface area contributed by atoms with E-state index in [1.807, 2.05) is 36.3 Å². The maximum Gasteiger partial charge on any atom is 0.181 e. The van der Waals surface area contributed by atoms with E-state index in [1.165, 1.54) is 5.56 Å². The molecule has 0 aliphatic rings. The van der Waals surface area contributed by atoms with Gasteiger partial charge < -0.3 is 0 Å². The van der Waals surface area contributed by atoms with E-state index in [1.54, 1.807) is 10.7 Å². The van der Waals surface area contributed by atoms with Gasteiger partial charge in [-0.2, -0.15) is 10.2 Å². The highest BCUT2D eigenvalue weighted by Gasteiger charge is 2.09. The number of nitrogens with zero attached hydrogens (tertiary/aromatic N) is 5. The van der Waals surface area contributed by atoms with E-state index in [0.717, 1.165) is 29.9 Å². The lowest BCUT2D eigenvalue weighted by molar-refractivity contribution is 0.879. The summed E-state index contributed by atoms with van der Waals surface area (Å²) in [6, 6.07) is 1.94. The molecule has 92 valence electrons. The van der Waals surface area contributed by atoms with Crippen molar-refractivity contribution in [1.29, 1.82) is 0 Å². The van der Waals surface area contributed by atoms with Crippen molar-refractivity contribution >= 4 is 5.65 Å². The molecule has 0 spiro atoms. The van der Waals surface area contributed by atoms with Gasteiger partial charge in [0.25, 0.3) is 0 Å². The van der Waals surface area contributed by atoms with Crippen molar-refractivity contribution in [2.45, 2.75) is 26.7 Å². The molecule has 0 radical (unpaired) electrons. The van der Waals surface area contributed by atoms with Crippen LogP contribution >= 0.6 is 0 Å². The summed E-state index contributed by atoms with van der Waals surface area (Å²) in [5, 5.41) is 8.67. The molecule has 3 aromatic heterocycles. The molecule has 0 aliphatic carbocycles. The van der Waals surface area contributed by atoms with Gasteiger partial charge in [0.05, 0.1) is 12.4 Å². The minimum Gasteiger partial charge on any atom is -0.235 e. The second-order valence-electron chi connectivity index (χ2n) is 4.41. The molecule has 0 amide bonds. The van der Waals surface area contributed by atoms with Gasteiger partial charge in [0.15, 0.2) is 5.65 Å². The highest BCUT2D eigenvalue weighted by atomic mass is 15.3. The Morgan fingerprint density at radius 1 is 1.22 bits per heavy atom. The number of hydrogen-bond donors (Lipinski definition) is 0. The van der Waals surface area contributed by atoms with Crippen molar-refractivity contribution in [3.8, 4) is 5.69 Å². The minimum atomic E-state index is 0.834. The lowest BCUT2D eigenvalue weighted by Gasteiger charge is -1.99. The second-order valence-corrected chi connectivity index (χ2v) is 4.41. The Labute approximate surface area is 105 Å². The molecule has 0 aliphatic heterocycles. The summed E-state index contributed by atoms with van der Waals surface area (Å²) < 4.78 is 3.61. The lowest BCUT2D eigenvalue weighted by Crippen LogP contribution is -1.97. The summed E-state index contributed by atoms with van der Waals surface area (Å²) in [6.07, 6.45) is 9.83. The van der Waals surface area contributed by atoms with Gasteiger partial charge in [-0.05, 0) is 25.0 Å². The molecule has 0 unspecified atom stereocenters. The highest BCUT2D eigenvalue weighted by molar-refractivity contribution is 5.57. The standard InChI is InChI=1S/C13H15N5/c1-3-4-11-7-14-18(9-11)12-8-15-17-6-5-10(2)16-13(12)17/h5-9H,3-4H2,1-2H3. The van der Waals surface area contributed by atoms with Gasteiger partial charge in [-0.1, -0.05) is 13.3 Å². The van der Waals surface area contributed by atoms with Gasteiger partial charge in [0.1, 0.15) is 5.69 Å². The van der Waals surface area contributed by atoms with Gasteiger partial charge in [-0.15, -0.1) is 0 Å². The van der Waals surface area contributed by atoms with E-state index in [9.17, 15) is 0 Å². The summed E-state index contributed by atoms with van der Waals surface area (Å²) in [6.45, 7) is 4.14. The molecule has 0 saturated heterocycles. The van der Waals surface area contributed by atoms with E-state index in [2.05, 4.69) is 22.1 Å². The van der Waals surface area contributed by atoms with Gasteiger partial charge in [0, 0.05) is 18.1 Å². The second kappa shape index (κ2) is 4.25. The number of aryl methyl sites for hydroxylation is 2. The van der Waals surface area contributed by atoms with Gasteiger partial charge in [-0.25, -0.2) is 14.2 Å². The van der Waals surface area contributed by atoms with Crippen molar-refractivity contribution in [2.75, 3.05) is 0 Å². The third kappa shape index (κ3) is 1.77. The van der Waals surface area contributed by atoms with Crippen LogP contribution in [0.1, 0.15) is 24.6 Å². The fraction of sp³-hybridized carbons (Fsp3) is 0.308. The molecule has 3 heterocycles. The lowest BCUT2D eigenvalue weighted by atomic mass is 10.2. The predicted octanol–water partition coefficient (Wildman–Crippen LogP) is 2.18. The number of aromatic nitrogens is 5. The van der Waals surface area contributed by atoms with Crippen molar-refractivity contribution in [3.63, 3.8) is 0 Å². The smallest absolute Gasteiger partial charge is 0.181 e. The zero-order valence-electron chi connectivity index (χ0n) is 10.5. The number of hydrogen-bond acceptors (Lipinski definition) is 3. The average molecular weight is 241 g/mol. The van der Waals surface area contributed by atoms with Crippen LogP contribution in [-0.4, -0.2) is 24.4 Å². The van der Waals surface area contributed by atoms with Crippen LogP contribution in [0.5, 0.6) is 0 Å². The molecule has 0 saturated carbocycles. The molecule has 5 heteroatoms. The van der Waals surface area contributed by atoms with Gasteiger partial charge >= 0.3 is 0 Å². The monoisotopic (exact) mass is 241 g/mol. The molecule has 0 bridgehead atoms. The Kier molecular flexibility index (Phi) is 2.59. The first-order valence-electron chi connectivity index (χ1n) is 6.13. The fourth-order valence-corrected chi connectivity index (χ4v) is 2.02. The van der Waals surface area contributed by atoms with Gasteiger partial charge in [0.2, 0.25) is 0 Å². The molecule has 0 fully saturated rings. The zero-order chi connectivity index (χ0) is 12.5. The minimum absolute atomic E-state index is 0.834. The predicted molar refractivity (Wildman–Crippen MR) is 68.8 cm³/mol. The van der Waals surface area contributed by atoms with Crippen LogP contribution in [0.15, 0.2) is 30.9 Å². The molecule has 0 atom stereocenters. The summed E-state index contributed by atoms with van der Waals surface area (Å²) in [4.78, 5) is 4.51. The molecule has 5 nitrogen and oxygen atoms in total. The van der Waals surface area contributed by atoms with Crippen LogP contribution in [0.2, 0.25) is 0 Å². The number of rotatable bonds is 3. The number of fused-ring (bicyclic) bond motifs is 1. The van der Waals surface area contributed by atoms with E-state index < -0.39 is 0 Å². The largest absolute Gasteiger partial charge is 0.235 e. The average Bonchev–Trinajstić information content (AvgIpc) is 2.95. The summed E-state index contributed by atoms with van der Waals surface area (Å²) in [5.74, 6) is 0. The Hall–Kier alpha value is -2.17. The first-order valence-corrected chi connectivity index (χ1v) is 6.13. The van der Waals surface area contributed by atoms with Crippen LogP contribution in [0.3, 0.4) is 0 Å². The van der Waals surface area contributed by atoms with Crippen molar-refractivity contribution < 1.29 is 0 Å². The third-order valence-electron chi connectivity index (χ3n) is 2.91. The van der Waals surface area contributed by atoms with Crippen LogP contribution < -0.4 is 0 Å². The maximum absolute atomic E-state index is 4.51. The van der Waals surface area contributed by atoms with Crippen molar-refractivity contribution in [3.05, 3.63) is 42.1 Å². The third-order valence-corrected chi connectivity index (χ3v) is 2.91. The Morgan fingerprint density at radius 3 is 2.94 bits per heavy atom. The Balaban J connectivity index is 2.09. The molecule has 0 aromatic carbocycles. The molecule has 0 N–H and O–H groups in total. The highest BCUT2D eigenvalue weighted by Crippen LogP contribution is 2.14. The maximum atomic E-state index is 4.51. The van der Waals surface area contributed by atoms with Gasteiger partial charge in [-0.3, -0.25) is 0 Å². The quantitative estimate of drug-likeness (QED) is 0.706. The molecule has 18 heavy (non-hydrogen) atoms. The Morgan fingerprint density at radius 2 is 2.11 bits per heavy atom. The molecule has 3 aromatic rings. The summed E-state index contributed by atoms with van der Waals surface area (Å²) >= 11 is 0. The topological polar surface area (TPSA) is 48.0 Å². The molecular weight excluding hydrogens is 226 g/mol. The van der Waals surface area contributed by atoms with E-state index in [-0.39, 0.29) is 0 Å². The van der Waals surface area contributed by atoms with E-state index in [0.29, 0.717) is 0 Å².